The summed E-state index contributed by atoms with van der Waals surface area (Å²) in [7, 11) is 0. The van der Waals surface area contributed by atoms with E-state index in [4.69, 9.17) is 5.11 Å². The molecule has 0 aromatic carbocycles. The van der Waals surface area contributed by atoms with Gasteiger partial charge < -0.3 is 19.9 Å². The van der Waals surface area contributed by atoms with Crippen LogP contribution in [0.4, 0.5) is 0 Å². The van der Waals surface area contributed by atoms with Crippen LogP contribution in [0.3, 0.4) is 0 Å². The molecule has 1 fully saturated rings. The van der Waals surface area contributed by atoms with Gasteiger partial charge in [0.15, 0.2) is 11.4 Å². The first kappa shape index (κ1) is 15.5. The number of H-pyrrole nitrogens is 1. The molecule has 7 nitrogen and oxygen atoms in total. The van der Waals surface area contributed by atoms with Gasteiger partial charge in [-0.15, -0.1) is 0 Å². The maximum atomic E-state index is 12.4. The number of likely N-dealkylation sites (tertiary alicyclic amines) is 1. The van der Waals surface area contributed by atoms with Gasteiger partial charge in [0, 0.05) is 19.1 Å². The molecule has 7 heteroatoms. The predicted molar refractivity (Wildman–Crippen MR) is 77.4 cm³/mol. The number of imidazole rings is 1. The average Bonchev–Trinajstić information content (AvgIpc) is 2.98. The highest BCUT2D eigenvalue weighted by Crippen LogP contribution is 2.18. The number of aromatic amines is 1. The SMILES string of the molecule is CCN(CC)C1CCN(C(=O)c2nc[nH]c2C(=O)O)CC1. The first-order valence-corrected chi connectivity index (χ1v) is 7.38. The van der Waals surface area contributed by atoms with Gasteiger partial charge in [-0.1, -0.05) is 13.8 Å². The van der Waals surface area contributed by atoms with Crippen molar-refractivity contribution in [1.82, 2.24) is 19.8 Å². The number of nitrogens with zero attached hydrogens (tertiary/aromatic N) is 3. The number of aromatic nitrogens is 2. The van der Waals surface area contributed by atoms with Gasteiger partial charge in [-0.05, 0) is 25.9 Å². The van der Waals surface area contributed by atoms with Crippen LogP contribution in [-0.4, -0.2) is 69.0 Å². The van der Waals surface area contributed by atoms with Gasteiger partial charge in [0.1, 0.15) is 0 Å². The van der Waals surface area contributed by atoms with Crippen LogP contribution in [-0.2, 0) is 0 Å². The van der Waals surface area contributed by atoms with Gasteiger partial charge in [0.05, 0.1) is 6.33 Å². The van der Waals surface area contributed by atoms with E-state index in [0.29, 0.717) is 19.1 Å². The molecule has 2 N–H and O–H groups in total. The van der Waals surface area contributed by atoms with Crippen LogP contribution in [0.5, 0.6) is 0 Å². The minimum Gasteiger partial charge on any atom is -0.477 e. The number of amides is 1. The van der Waals surface area contributed by atoms with E-state index in [1.165, 1.54) is 6.33 Å². The molecule has 0 bridgehead atoms. The number of carbonyl (C=O) groups is 2. The van der Waals surface area contributed by atoms with Gasteiger partial charge in [0.2, 0.25) is 0 Å². The molecule has 21 heavy (non-hydrogen) atoms. The van der Waals surface area contributed by atoms with E-state index in [0.717, 1.165) is 25.9 Å². The molecule has 0 aliphatic carbocycles. The number of hydrogen-bond acceptors (Lipinski definition) is 4. The Morgan fingerprint density at radius 3 is 2.52 bits per heavy atom. The Labute approximate surface area is 124 Å². The molecule has 0 unspecified atom stereocenters. The quantitative estimate of drug-likeness (QED) is 0.847. The third-order valence-electron chi connectivity index (χ3n) is 4.14. The molecule has 1 aromatic heterocycles. The number of rotatable bonds is 5. The summed E-state index contributed by atoms with van der Waals surface area (Å²) >= 11 is 0. The fraction of sp³-hybridized carbons (Fsp3) is 0.643. The van der Waals surface area contributed by atoms with Crippen LogP contribution >= 0.6 is 0 Å². The van der Waals surface area contributed by atoms with E-state index in [2.05, 4.69) is 28.7 Å². The largest absolute Gasteiger partial charge is 0.477 e. The standard InChI is InChI=1S/C14H22N4O3/c1-3-17(4-2)10-5-7-18(8-6-10)13(19)11-12(14(20)21)16-9-15-11/h9-10H,3-8H2,1-2H3,(H,15,16)(H,20,21). The molecule has 1 aliphatic rings. The third-order valence-corrected chi connectivity index (χ3v) is 4.14. The van der Waals surface area contributed by atoms with E-state index in [-0.39, 0.29) is 17.3 Å². The molecule has 2 rings (SSSR count). The zero-order chi connectivity index (χ0) is 15.4. The molecule has 2 heterocycles. The van der Waals surface area contributed by atoms with Gasteiger partial charge in [-0.25, -0.2) is 9.78 Å². The Morgan fingerprint density at radius 1 is 1.38 bits per heavy atom. The fourth-order valence-corrected chi connectivity index (χ4v) is 2.94. The summed E-state index contributed by atoms with van der Waals surface area (Å²) in [5, 5.41) is 9.03. The summed E-state index contributed by atoms with van der Waals surface area (Å²) in [5.41, 5.74) is -0.130. The summed E-state index contributed by atoms with van der Waals surface area (Å²) in [6.45, 7) is 7.60. The Hall–Kier alpha value is -1.89. The lowest BCUT2D eigenvalue weighted by molar-refractivity contribution is 0.0605. The Balaban J connectivity index is 2.00. The number of piperidine rings is 1. The van der Waals surface area contributed by atoms with Crippen molar-refractivity contribution < 1.29 is 14.7 Å². The van der Waals surface area contributed by atoms with Crippen LogP contribution in [0.2, 0.25) is 0 Å². The molecular weight excluding hydrogens is 272 g/mol. The maximum Gasteiger partial charge on any atom is 0.354 e. The van der Waals surface area contributed by atoms with E-state index in [1.54, 1.807) is 4.90 Å². The van der Waals surface area contributed by atoms with E-state index < -0.39 is 5.97 Å². The van der Waals surface area contributed by atoms with Gasteiger partial charge in [0.25, 0.3) is 5.91 Å². The minimum atomic E-state index is -1.16. The lowest BCUT2D eigenvalue weighted by Gasteiger charge is -2.37. The zero-order valence-electron chi connectivity index (χ0n) is 12.5. The van der Waals surface area contributed by atoms with Crippen LogP contribution in [0, 0.1) is 0 Å². The second kappa shape index (κ2) is 6.71. The molecule has 0 atom stereocenters. The number of hydrogen-bond donors (Lipinski definition) is 2. The monoisotopic (exact) mass is 294 g/mol. The van der Waals surface area contributed by atoms with Crippen molar-refractivity contribution in [2.45, 2.75) is 32.7 Å². The second-order valence-corrected chi connectivity index (χ2v) is 5.18. The molecule has 0 spiro atoms. The molecule has 0 radical (unpaired) electrons. The summed E-state index contributed by atoms with van der Waals surface area (Å²) in [4.78, 5) is 33.9. The summed E-state index contributed by atoms with van der Waals surface area (Å²) < 4.78 is 0. The van der Waals surface area contributed by atoms with E-state index in [1.807, 2.05) is 0 Å². The first-order valence-electron chi connectivity index (χ1n) is 7.38. The smallest absolute Gasteiger partial charge is 0.354 e. The minimum absolute atomic E-state index is 0.00351. The number of nitrogens with one attached hydrogen (secondary N) is 1. The Morgan fingerprint density at radius 2 is 2.00 bits per heavy atom. The van der Waals surface area contributed by atoms with Gasteiger partial charge in [-0.3, -0.25) is 4.79 Å². The lowest BCUT2D eigenvalue weighted by atomic mass is 10.0. The maximum absolute atomic E-state index is 12.4. The molecule has 1 aliphatic heterocycles. The van der Waals surface area contributed by atoms with Crippen molar-refractivity contribution >= 4 is 11.9 Å². The number of carboxylic acids is 1. The Kier molecular flexibility index (Phi) is 4.95. The second-order valence-electron chi connectivity index (χ2n) is 5.18. The highest BCUT2D eigenvalue weighted by Gasteiger charge is 2.29. The van der Waals surface area contributed by atoms with Crippen molar-refractivity contribution in [3.63, 3.8) is 0 Å². The van der Waals surface area contributed by atoms with Crippen LogP contribution in [0.15, 0.2) is 6.33 Å². The lowest BCUT2D eigenvalue weighted by Crippen LogP contribution is -2.47. The normalized spacial score (nSPS) is 16.4. The molecule has 1 saturated heterocycles. The number of carbonyl (C=O) groups excluding carboxylic acids is 1. The highest BCUT2D eigenvalue weighted by atomic mass is 16.4. The Bertz CT molecular complexity index is 502. The predicted octanol–water partition coefficient (Wildman–Crippen LogP) is 1.05. The van der Waals surface area contributed by atoms with Crippen LogP contribution in [0.25, 0.3) is 0 Å². The average molecular weight is 294 g/mol. The summed E-state index contributed by atoms with van der Waals surface area (Å²) in [6, 6.07) is 0.502. The van der Waals surface area contributed by atoms with Crippen molar-refractivity contribution in [2.24, 2.45) is 0 Å². The van der Waals surface area contributed by atoms with Crippen molar-refractivity contribution in [3.05, 3.63) is 17.7 Å². The van der Waals surface area contributed by atoms with Crippen LogP contribution < -0.4 is 0 Å². The first-order chi connectivity index (χ1) is 10.1. The zero-order valence-corrected chi connectivity index (χ0v) is 12.5. The van der Waals surface area contributed by atoms with Crippen LogP contribution in [0.1, 0.15) is 47.7 Å². The molecule has 1 aromatic rings. The highest BCUT2D eigenvalue weighted by molar-refractivity contribution is 6.02. The summed E-state index contributed by atoms with van der Waals surface area (Å²) in [6.07, 6.45) is 3.08. The molecule has 1 amide bonds. The number of carboxylic acid groups (broad SMARTS) is 1. The van der Waals surface area contributed by atoms with Gasteiger partial charge in [-0.2, -0.15) is 0 Å². The molecular formula is C14H22N4O3. The molecule has 0 saturated carbocycles. The van der Waals surface area contributed by atoms with Crippen molar-refractivity contribution in [1.29, 1.82) is 0 Å². The third kappa shape index (κ3) is 3.24. The summed E-state index contributed by atoms with van der Waals surface area (Å²) in [5.74, 6) is -1.46. The van der Waals surface area contributed by atoms with Gasteiger partial charge >= 0.3 is 5.97 Å². The number of aromatic carboxylic acids is 1. The topological polar surface area (TPSA) is 89.5 Å². The van der Waals surface area contributed by atoms with Crippen molar-refractivity contribution in [2.75, 3.05) is 26.2 Å². The van der Waals surface area contributed by atoms with Crippen molar-refractivity contribution in [3.8, 4) is 0 Å². The van der Waals surface area contributed by atoms with E-state index in [9.17, 15) is 9.59 Å². The molecule has 116 valence electrons. The van der Waals surface area contributed by atoms with E-state index >= 15 is 0 Å². The fourth-order valence-electron chi connectivity index (χ4n) is 2.94.